The minimum Gasteiger partial charge on any atom is -0.481 e. The number of carbonyl (C=O) groups is 1. The largest absolute Gasteiger partial charge is 0.481 e. The third kappa shape index (κ3) is 1.42. The van der Waals surface area contributed by atoms with Crippen molar-refractivity contribution in [2.45, 2.75) is 70.4 Å². The third-order valence-corrected chi connectivity index (χ3v) is 6.62. The lowest BCUT2D eigenvalue weighted by atomic mass is 9.59. The van der Waals surface area contributed by atoms with E-state index in [9.17, 15) is 9.90 Å². The Morgan fingerprint density at radius 3 is 2.50 bits per heavy atom. The average molecular weight is 280 g/mol. The molecule has 1 N–H and O–H groups in total. The van der Waals surface area contributed by atoms with Gasteiger partial charge in [-0.05, 0) is 25.2 Å². The van der Waals surface area contributed by atoms with Crippen molar-refractivity contribution in [3.63, 3.8) is 0 Å². The second-order valence-electron chi connectivity index (χ2n) is 7.61. The molecule has 20 heavy (non-hydrogen) atoms. The molecule has 0 aromatic heterocycles. The Bertz CT molecular complexity index is 447. The molecule has 4 aliphatic rings. The second-order valence-corrected chi connectivity index (χ2v) is 7.61. The Morgan fingerprint density at radius 2 is 1.90 bits per heavy atom. The van der Waals surface area contributed by atoms with E-state index < -0.39 is 17.2 Å². The quantitative estimate of drug-likeness (QED) is 0.807. The summed E-state index contributed by atoms with van der Waals surface area (Å²) >= 11 is 0. The van der Waals surface area contributed by atoms with Gasteiger partial charge >= 0.3 is 5.97 Å². The Balaban J connectivity index is 1.61. The van der Waals surface area contributed by atoms with Crippen LogP contribution in [0.4, 0.5) is 0 Å². The first-order valence-electron chi connectivity index (χ1n) is 8.08. The van der Waals surface area contributed by atoms with E-state index in [2.05, 4.69) is 0 Å². The smallest absolute Gasteiger partial charge is 0.310 e. The van der Waals surface area contributed by atoms with Crippen LogP contribution >= 0.6 is 0 Å². The minimum absolute atomic E-state index is 0.0133. The van der Waals surface area contributed by atoms with Crippen LogP contribution in [-0.4, -0.2) is 22.7 Å². The molecule has 2 heterocycles. The van der Waals surface area contributed by atoms with Gasteiger partial charge in [0.25, 0.3) is 0 Å². The number of carboxylic acids is 1. The van der Waals surface area contributed by atoms with Crippen LogP contribution in [0.1, 0.15) is 58.8 Å². The molecule has 4 nitrogen and oxygen atoms in total. The zero-order valence-electron chi connectivity index (χ0n) is 12.4. The van der Waals surface area contributed by atoms with E-state index in [1.807, 2.05) is 13.8 Å². The highest BCUT2D eigenvalue weighted by Gasteiger charge is 2.97. The van der Waals surface area contributed by atoms with Gasteiger partial charge in [-0.1, -0.05) is 39.0 Å². The SMILES string of the molecule is CC1CC23OC2(O3)C(CC2CCCCC2)C1(C)C(=O)O. The van der Waals surface area contributed by atoms with Gasteiger partial charge in [-0.15, -0.1) is 0 Å². The maximum absolute atomic E-state index is 12.0. The summed E-state index contributed by atoms with van der Waals surface area (Å²) in [5.74, 6) is -0.825. The van der Waals surface area contributed by atoms with Gasteiger partial charge < -0.3 is 14.6 Å². The summed E-state index contributed by atoms with van der Waals surface area (Å²) in [4.78, 5) is 12.0. The summed E-state index contributed by atoms with van der Waals surface area (Å²) in [6.45, 7) is 3.96. The van der Waals surface area contributed by atoms with Crippen LogP contribution in [-0.2, 0) is 14.3 Å². The average Bonchev–Trinajstić information content (AvgIpc) is 3.22. The highest BCUT2D eigenvalue weighted by atomic mass is 17.0. The summed E-state index contributed by atoms with van der Waals surface area (Å²) in [5, 5.41) is 9.82. The Kier molecular flexibility index (Phi) is 2.47. The lowest BCUT2D eigenvalue weighted by Crippen LogP contribution is -2.48. The summed E-state index contributed by atoms with van der Waals surface area (Å²) in [5.41, 5.74) is -0.714. The van der Waals surface area contributed by atoms with Crippen molar-refractivity contribution in [2.75, 3.05) is 0 Å². The summed E-state index contributed by atoms with van der Waals surface area (Å²) < 4.78 is 11.7. The number of ether oxygens (including phenoxy) is 2. The molecule has 0 aromatic rings. The standard InChI is InChI=1S/C16H24O4/c1-10-9-15-16(19-15,20-15)12(14(10,2)13(17)18)8-11-6-4-3-5-7-11/h10-12H,3-9H2,1-2H3,(H,17,18). The maximum atomic E-state index is 12.0. The molecule has 4 fully saturated rings. The van der Waals surface area contributed by atoms with E-state index in [0.717, 1.165) is 12.8 Å². The fourth-order valence-electron chi connectivity index (χ4n) is 4.95. The molecular formula is C16H24O4. The predicted octanol–water partition coefficient (Wildman–Crippen LogP) is 3.16. The number of epoxide rings is 2. The van der Waals surface area contributed by atoms with E-state index in [1.54, 1.807) is 0 Å². The molecule has 0 aromatic carbocycles. The fourth-order valence-corrected chi connectivity index (χ4v) is 4.95. The van der Waals surface area contributed by atoms with Crippen molar-refractivity contribution < 1.29 is 19.4 Å². The zero-order valence-corrected chi connectivity index (χ0v) is 12.4. The van der Waals surface area contributed by atoms with Gasteiger partial charge in [-0.2, -0.15) is 0 Å². The van der Waals surface area contributed by atoms with Gasteiger partial charge in [0.1, 0.15) is 0 Å². The van der Waals surface area contributed by atoms with E-state index >= 15 is 0 Å². The number of hydrogen-bond acceptors (Lipinski definition) is 3. The van der Waals surface area contributed by atoms with Crippen molar-refractivity contribution in [2.24, 2.45) is 23.2 Å². The third-order valence-electron chi connectivity index (χ3n) is 6.62. The maximum Gasteiger partial charge on any atom is 0.310 e. The van der Waals surface area contributed by atoms with E-state index in [4.69, 9.17) is 9.47 Å². The molecule has 3 atom stereocenters. The second kappa shape index (κ2) is 3.77. The lowest BCUT2D eigenvalue weighted by molar-refractivity contribution is -0.164. The van der Waals surface area contributed by atoms with Gasteiger partial charge in [-0.25, -0.2) is 0 Å². The monoisotopic (exact) mass is 280 g/mol. The van der Waals surface area contributed by atoms with Gasteiger partial charge in [-0.3, -0.25) is 4.79 Å². The molecule has 2 aliphatic carbocycles. The van der Waals surface area contributed by atoms with Gasteiger partial charge in [0.2, 0.25) is 11.6 Å². The first kappa shape index (κ1) is 13.1. The van der Waals surface area contributed by atoms with Crippen molar-refractivity contribution in [1.29, 1.82) is 0 Å². The number of carboxylic acid groups (broad SMARTS) is 1. The summed E-state index contributed by atoms with van der Waals surface area (Å²) in [6.07, 6.45) is 8.07. The first-order chi connectivity index (χ1) is 9.45. The van der Waals surface area contributed by atoms with Crippen LogP contribution in [0.2, 0.25) is 0 Å². The molecule has 112 valence electrons. The van der Waals surface area contributed by atoms with Crippen LogP contribution in [0.3, 0.4) is 0 Å². The van der Waals surface area contributed by atoms with Crippen molar-refractivity contribution in [3.05, 3.63) is 0 Å². The Morgan fingerprint density at radius 1 is 1.25 bits per heavy atom. The van der Waals surface area contributed by atoms with E-state index in [-0.39, 0.29) is 17.6 Å². The molecule has 4 rings (SSSR count). The molecule has 2 saturated carbocycles. The Hall–Kier alpha value is -0.610. The molecule has 2 aliphatic heterocycles. The Labute approximate surface area is 119 Å². The van der Waals surface area contributed by atoms with Gasteiger partial charge in [0, 0.05) is 12.3 Å². The number of rotatable bonds is 3. The molecule has 0 bridgehead atoms. The zero-order chi connectivity index (χ0) is 14.2. The number of aliphatic carboxylic acids is 1. The van der Waals surface area contributed by atoms with Gasteiger partial charge in [0.15, 0.2) is 0 Å². The topological polar surface area (TPSA) is 62.4 Å². The van der Waals surface area contributed by atoms with Gasteiger partial charge in [0.05, 0.1) is 5.41 Å². The molecular weight excluding hydrogens is 256 g/mol. The summed E-state index contributed by atoms with van der Waals surface area (Å²) in [6, 6.07) is 0. The van der Waals surface area contributed by atoms with Crippen LogP contribution in [0.25, 0.3) is 0 Å². The molecule has 4 heteroatoms. The van der Waals surface area contributed by atoms with E-state index in [1.165, 1.54) is 32.1 Å². The van der Waals surface area contributed by atoms with Crippen LogP contribution in [0.15, 0.2) is 0 Å². The number of hydrogen-bond donors (Lipinski definition) is 1. The lowest BCUT2D eigenvalue weighted by Gasteiger charge is -2.41. The van der Waals surface area contributed by atoms with Crippen molar-refractivity contribution in [1.82, 2.24) is 0 Å². The van der Waals surface area contributed by atoms with Crippen molar-refractivity contribution in [3.8, 4) is 0 Å². The molecule has 0 amide bonds. The van der Waals surface area contributed by atoms with Crippen LogP contribution in [0, 0.1) is 23.2 Å². The normalized spacial score (nSPS) is 53.9. The van der Waals surface area contributed by atoms with E-state index in [0.29, 0.717) is 5.92 Å². The molecule has 3 unspecified atom stereocenters. The van der Waals surface area contributed by atoms with Crippen LogP contribution in [0.5, 0.6) is 0 Å². The molecule has 2 saturated heterocycles. The summed E-state index contributed by atoms with van der Waals surface area (Å²) in [7, 11) is 0. The predicted molar refractivity (Wildman–Crippen MR) is 71.8 cm³/mol. The molecule has 0 radical (unpaired) electrons. The fraction of sp³-hybridized carbons (Fsp3) is 0.938. The highest BCUT2D eigenvalue weighted by Crippen LogP contribution is 2.81. The van der Waals surface area contributed by atoms with Crippen LogP contribution < -0.4 is 0 Å². The molecule has 0 spiro atoms. The highest BCUT2D eigenvalue weighted by molar-refractivity contribution is 5.76. The van der Waals surface area contributed by atoms with Crippen molar-refractivity contribution >= 4 is 5.97 Å². The minimum atomic E-state index is -0.714. The first-order valence-corrected chi connectivity index (χ1v) is 8.08.